The van der Waals surface area contributed by atoms with Crippen LogP contribution in [0.1, 0.15) is 66.2 Å². The number of carbonyl (C=O) groups excluding carboxylic acids is 2. The number of ether oxygens (including phenoxy) is 2. The maximum absolute atomic E-state index is 12.6. The second kappa shape index (κ2) is 5.58. The van der Waals surface area contributed by atoms with Crippen LogP contribution < -0.4 is 5.32 Å². The lowest BCUT2D eigenvalue weighted by molar-refractivity contribution is -0.261. The van der Waals surface area contributed by atoms with E-state index in [4.69, 9.17) is 9.47 Å². The minimum absolute atomic E-state index is 0.278. The zero-order chi connectivity index (χ0) is 19.6. The summed E-state index contributed by atoms with van der Waals surface area (Å²) in [6, 6.07) is -0.972. The monoisotopic (exact) mass is 369 g/mol. The van der Waals surface area contributed by atoms with Gasteiger partial charge in [0.2, 0.25) is 0 Å². The lowest BCUT2D eigenvalue weighted by atomic mass is 9.40. The van der Waals surface area contributed by atoms with Crippen molar-refractivity contribution in [2.45, 2.75) is 89.1 Å². The first-order chi connectivity index (χ1) is 11.7. The van der Waals surface area contributed by atoms with Crippen LogP contribution in [-0.2, 0) is 14.3 Å². The van der Waals surface area contributed by atoms with Gasteiger partial charge in [0, 0.05) is 11.8 Å². The van der Waals surface area contributed by atoms with Crippen LogP contribution in [0, 0.1) is 10.8 Å². The van der Waals surface area contributed by atoms with Crippen LogP contribution in [0.25, 0.3) is 0 Å². The van der Waals surface area contributed by atoms with Gasteiger partial charge in [-0.25, -0.2) is 9.59 Å². The van der Waals surface area contributed by atoms with Crippen molar-refractivity contribution < 1.29 is 29.3 Å². The lowest BCUT2D eigenvalue weighted by Gasteiger charge is -2.68. The number of carbonyl (C=O) groups is 2. The van der Waals surface area contributed by atoms with Crippen LogP contribution in [0.2, 0.25) is 0 Å². The third-order valence-corrected chi connectivity index (χ3v) is 6.02. The Bertz CT molecular complexity index is 570. The summed E-state index contributed by atoms with van der Waals surface area (Å²) in [5, 5.41) is 24.8. The Morgan fingerprint density at radius 1 is 1.00 bits per heavy atom. The lowest BCUT2D eigenvalue weighted by Crippen LogP contribution is -2.71. The predicted octanol–water partition coefficient (Wildman–Crippen LogP) is 1.89. The van der Waals surface area contributed by atoms with Crippen LogP contribution in [0.3, 0.4) is 0 Å². The van der Waals surface area contributed by atoms with Crippen molar-refractivity contribution >= 4 is 12.1 Å². The molecule has 1 amide bonds. The molecule has 3 atom stereocenters. The average molecular weight is 369 g/mol. The van der Waals surface area contributed by atoms with Crippen molar-refractivity contribution in [3.8, 4) is 0 Å². The summed E-state index contributed by atoms with van der Waals surface area (Å²) in [5.74, 6) is -0.575. The number of nitrogens with one attached hydrogen (secondary N) is 1. The van der Waals surface area contributed by atoms with Gasteiger partial charge in [-0.2, -0.15) is 0 Å². The number of methoxy groups -OCH3 is 1. The Labute approximate surface area is 154 Å². The highest BCUT2D eigenvalue weighted by molar-refractivity contribution is 5.82. The molecule has 4 aliphatic carbocycles. The molecule has 2 unspecified atom stereocenters. The molecule has 0 saturated heterocycles. The smallest absolute Gasteiger partial charge is 0.408 e. The van der Waals surface area contributed by atoms with Crippen molar-refractivity contribution in [3.05, 3.63) is 0 Å². The quantitative estimate of drug-likeness (QED) is 0.656. The fraction of sp³-hybridized carbons (Fsp3) is 0.895. The molecule has 0 spiro atoms. The molecule has 0 aromatic rings. The first kappa shape index (κ1) is 19.4. The Hall–Kier alpha value is -1.34. The van der Waals surface area contributed by atoms with Crippen molar-refractivity contribution in [2.24, 2.45) is 10.8 Å². The first-order valence-corrected chi connectivity index (χ1v) is 9.23. The summed E-state index contributed by atoms with van der Waals surface area (Å²) in [4.78, 5) is 24.9. The highest BCUT2D eigenvalue weighted by atomic mass is 16.6. The third-order valence-electron chi connectivity index (χ3n) is 6.02. The summed E-state index contributed by atoms with van der Waals surface area (Å²) in [6.07, 6.45) is 2.17. The van der Waals surface area contributed by atoms with Gasteiger partial charge in [0.15, 0.2) is 0 Å². The van der Waals surface area contributed by atoms with E-state index in [1.54, 1.807) is 20.8 Å². The Morgan fingerprint density at radius 2 is 1.54 bits per heavy atom. The van der Waals surface area contributed by atoms with Crippen molar-refractivity contribution in [1.82, 2.24) is 5.32 Å². The van der Waals surface area contributed by atoms with E-state index in [0.717, 1.165) is 0 Å². The Morgan fingerprint density at radius 3 is 1.96 bits per heavy atom. The van der Waals surface area contributed by atoms with Crippen LogP contribution in [0.4, 0.5) is 4.79 Å². The molecule has 0 aromatic heterocycles. The van der Waals surface area contributed by atoms with Gasteiger partial charge in [0.1, 0.15) is 11.6 Å². The number of hydrogen-bond donors (Lipinski definition) is 3. The molecular weight excluding hydrogens is 338 g/mol. The molecule has 0 aliphatic heterocycles. The van der Waals surface area contributed by atoms with E-state index in [1.807, 2.05) is 6.92 Å². The maximum Gasteiger partial charge on any atom is 0.408 e. The fourth-order valence-electron chi connectivity index (χ4n) is 6.42. The van der Waals surface area contributed by atoms with Gasteiger partial charge in [-0.1, -0.05) is 6.92 Å². The van der Waals surface area contributed by atoms with Gasteiger partial charge in [-0.3, -0.25) is 0 Å². The van der Waals surface area contributed by atoms with E-state index >= 15 is 0 Å². The van der Waals surface area contributed by atoms with E-state index in [1.165, 1.54) is 7.11 Å². The van der Waals surface area contributed by atoms with Crippen LogP contribution in [0.15, 0.2) is 0 Å². The maximum atomic E-state index is 12.6. The normalized spacial score (nSPS) is 42.3. The summed E-state index contributed by atoms with van der Waals surface area (Å²) in [6.45, 7) is 7.28. The van der Waals surface area contributed by atoms with Crippen molar-refractivity contribution in [3.63, 3.8) is 0 Å². The van der Waals surface area contributed by atoms with Gasteiger partial charge in [0.25, 0.3) is 0 Å². The number of hydrogen-bond acceptors (Lipinski definition) is 6. The number of rotatable bonds is 3. The zero-order valence-electron chi connectivity index (χ0n) is 16.3. The van der Waals surface area contributed by atoms with E-state index in [-0.39, 0.29) is 5.41 Å². The number of alkyl carbamates (subject to hydrolysis) is 1. The van der Waals surface area contributed by atoms with E-state index < -0.39 is 40.3 Å². The molecule has 4 saturated carbocycles. The molecule has 148 valence electrons. The van der Waals surface area contributed by atoms with Gasteiger partial charge in [-0.05, 0) is 58.3 Å². The standard InChI is InChI=1S/C19H31NO6/c1-15(2,3)26-14(22)20-12(13(21)25-5)17-6-16(4)7-18(23,9-17)11-19(24,8-16)10-17/h12,23-24H,6-11H2,1-5H3,(H,20,22)/t12-,16?,17?,18?,19?/m1/s1. The van der Waals surface area contributed by atoms with Gasteiger partial charge >= 0.3 is 12.1 Å². The minimum atomic E-state index is -1.03. The summed E-state index contributed by atoms with van der Waals surface area (Å²) in [7, 11) is 1.28. The SMILES string of the molecule is COC(=O)[C@@H](NC(=O)OC(C)(C)C)C12CC3(C)CC(O)(CC(O)(C3)C1)C2. The number of amides is 1. The van der Waals surface area contributed by atoms with Crippen LogP contribution in [0.5, 0.6) is 0 Å². The zero-order valence-corrected chi connectivity index (χ0v) is 16.3. The highest BCUT2D eigenvalue weighted by Crippen LogP contribution is 2.68. The first-order valence-electron chi connectivity index (χ1n) is 9.23. The third kappa shape index (κ3) is 3.43. The predicted molar refractivity (Wildman–Crippen MR) is 93.3 cm³/mol. The fourth-order valence-corrected chi connectivity index (χ4v) is 6.42. The second-order valence-electron chi connectivity index (χ2n) is 10.3. The van der Waals surface area contributed by atoms with E-state index in [2.05, 4.69) is 5.32 Å². The van der Waals surface area contributed by atoms with Gasteiger partial charge < -0.3 is 25.0 Å². The topological polar surface area (TPSA) is 105 Å². The summed E-state index contributed by atoms with van der Waals surface area (Å²) < 4.78 is 10.3. The number of esters is 1. The molecule has 7 heteroatoms. The average Bonchev–Trinajstić information content (AvgIpc) is 2.36. The number of aliphatic hydroxyl groups is 2. The highest BCUT2D eigenvalue weighted by Gasteiger charge is 2.69. The molecule has 7 nitrogen and oxygen atoms in total. The van der Waals surface area contributed by atoms with Crippen LogP contribution in [-0.4, -0.2) is 52.2 Å². The molecule has 0 heterocycles. The molecule has 26 heavy (non-hydrogen) atoms. The van der Waals surface area contributed by atoms with E-state index in [0.29, 0.717) is 38.5 Å². The summed E-state index contributed by atoms with van der Waals surface area (Å²) in [5.41, 5.74) is -3.79. The minimum Gasteiger partial charge on any atom is -0.467 e. The Kier molecular flexibility index (Phi) is 4.17. The molecule has 4 fully saturated rings. The van der Waals surface area contributed by atoms with Crippen LogP contribution >= 0.6 is 0 Å². The molecule has 4 rings (SSSR count). The summed E-state index contributed by atoms with van der Waals surface area (Å²) >= 11 is 0. The molecular formula is C19H31NO6. The van der Waals surface area contributed by atoms with Gasteiger partial charge in [0.05, 0.1) is 18.3 Å². The molecule has 0 radical (unpaired) electrons. The molecule has 4 bridgehead atoms. The van der Waals surface area contributed by atoms with Gasteiger partial charge in [-0.15, -0.1) is 0 Å². The second-order valence-corrected chi connectivity index (χ2v) is 10.3. The largest absolute Gasteiger partial charge is 0.467 e. The van der Waals surface area contributed by atoms with Crippen molar-refractivity contribution in [2.75, 3.05) is 7.11 Å². The Balaban J connectivity index is 1.94. The van der Waals surface area contributed by atoms with E-state index in [9.17, 15) is 19.8 Å². The van der Waals surface area contributed by atoms with Crippen molar-refractivity contribution in [1.29, 1.82) is 0 Å². The molecule has 3 N–H and O–H groups in total. The molecule has 4 aliphatic rings. The molecule has 0 aromatic carbocycles.